The van der Waals surface area contributed by atoms with Gasteiger partial charge in [0.2, 0.25) is 10.0 Å². The first-order valence-electron chi connectivity index (χ1n) is 8.06. The van der Waals surface area contributed by atoms with Crippen LogP contribution in [-0.4, -0.2) is 50.5 Å². The zero-order valence-electron chi connectivity index (χ0n) is 14.3. The molecule has 2 aromatic rings. The van der Waals surface area contributed by atoms with Crippen molar-refractivity contribution in [2.24, 2.45) is 7.05 Å². The minimum atomic E-state index is -3.55. The Hall–Kier alpha value is -1.68. The number of carbonyl (C=O) groups is 1. The number of aromatic nitrogens is 1. The summed E-state index contributed by atoms with van der Waals surface area (Å²) >= 11 is 1.81. The highest BCUT2D eigenvalue weighted by Gasteiger charge is 2.20. The largest absolute Gasteiger partial charge is 0.349 e. The molecule has 0 aliphatic carbocycles. The van der Waals surface area contributed by atoms with Crippen LogP contribution >= 0.6 is 11.3 Å². The smallest absolute Gasteiger partial charge is 0.267 e. The van der Waals surface area contributed by atoms with E-state index < -0.39 is 10.0 Å². The van der Waals surface area contributed by atoms with Crippen molar-refractivity contribution in [3.63, 3.8) is 0 Å². The van der Waals surface area contributed by atoms with Crippen molar-refractivity contribution in [2.45, 2.75) is 17.9 Å². The molecule has 3 rings (SSSR count). The normalized spacial score (nSPS) is 15.1. The molecule has 0 saturated heterocycles. The molecule has 1 amide bonds. The summed E-state index contributed by atoms with van der Waals surface area (Å²) in [7, 11) is -0.546. The molecule has 136 valence electrons. The second-order valence-corrected chi connectivity index (χ2v) is 8.92. The van der Waals surface area contributed by atoms with E-state index in [1.165, 1.54) is 34.3 Å². The Kier molecular flexibility index (Phi) is 5.28. The topological polar surface area (TPSA) is 83.4 Å². The standard InChI is InChI=1S/C16H22N4O3S2/c1-17-25(22,23)13-9-14(19(2)11-13)16(21)18-5-7-20-6-3-15-12(10-20)4-8-24-15/h4,8-9,11,17H,3,5-7,10H2,1-2H3,(H,18,21). The van der Waals surface area contributed by atoms with Crippen LogP contribution < -0.4 is 10.0 Å². The van der Waals surface area contributed by atoms with E-state index in [-0.39, 0.29) is 10.8 Å². The van der Waals surface area contributed by atoms with Crippen LogP contribution in [0.5, 0.6) is 0 Å². The van der Waals surface area contributed by atoms with Crippen LogP contribution in [-0.2, 0) is 30.0 Å². The number of nitrogens with one attached hydrogen (secondary N) is 2. The second-order valence-electron chi connectivity index (χ2n) is 6.03. The summed E-state index contributed by atoms with van der Waals surface area (Å²) in [5.41, 5.74) is 1.71. The van der Waals surface area contributed by atoms with Gasteiger partial charge in [-0.2, -0.15) is 0 Å². The number of nitrogens with zero attached hydrogens (tertiary/aromatic N) is 2. The third-order valence-corrected chi connectivity index (χ3v) is 6.80. The highest BCUT2D eigenvalue weighted by molar-refractivity contribution is 7.89. The predicted octanol–water partition coefficient (Wildman–Crippen LogP) is 0.783. The summed E-state index contributed by atoms with van der Waals surface area (Å²) < 4.78 is 27.4. The van der Waals surface area contributed by atoms with Gasteiger partial charge in [-0.15, -0.1) is 11.3 Å². The summed E-state index contributed by atoms with van der Waals surface area (Å²) in [6.07, 6.45) is 2.49. The lowest BCUT2D eigenvalue weighted by molar-refractivity contribution is 0.0939. The van der Waals surface area contributed by atoms with Gasteiger partial charge in [0.05, 0.1) is 0 Å². The van der Waals surface area contributed by atoms with Gasteiger partial charge in [0.25, 0.3) is 5.91 Å². The molecule has 9 heteroatoms. The van der Waals surface area contributed by atoms with E-state index in [2.05, 4.69) is 26.4 Å². The summed E-state index contributed by atoms with van der Waals surface area (Å²) in [4.78, 5) is 16.2. The van der Waals surface area contributed by atoms with Crippen LogP contribution in [0.15, 0.2) is 28.6 Å². The van der Waals surface area contributed by atoms with Crippen LogP contribution in [0.2, 0.25) is 0 Å². The molecule has 7 nitrogen and oxygen atoms in total. The van der Waals surface area contributed by atoms with E-state index in [0.29, 0.717) is 12.2 Å². The highest BCUT2D eigenvalue weighted by Crippen LogP contribution is 2.23. The highest BCUT2D eigenvalue weighted by atomic mass is 32.2. The zero-order valence-corrected chi connectivity index (χ0v) is 15.9. The molecule has 0 fully saturated rings. The van der Waals surface area contributed by atoms with Crippen LogP contribution in [0.3, 0.4) is 0 Å². The van der Waals surface area contributed by atoms with E-state index in [0.717, 1.165) is 26.1 Å². The van der Waals surface area contributed by atoms with Crippen molar-refractivity contribution in [2.75, 3.05) is 26.7 Å². The molecule has 2 aromatic heterocycles. The van der Waals surface area contributed by atoms with Crippen molar-refractivity contribution < 1.29 is 13.2 Å². The van der Waals surface area contributed by atoms with Crippen molar-refractivity contribution >= 4 is 27.3 Å². The Morgan fingerprint density at radius 3 is 2.96 bits per heavy atom. The quantitative estimate of drug-likeness (QED) is 0.774. The average molecular weight is 383 g/mol. The Morgan fingerprint density at radius 2 is 2.20 bits per heavy atom. The van der Waals surface area contributed by atoms with Crippen molar-refractivity contribution in [3.05, 3.63) is 39.8 Å². The number of amides is 1. The van der Waals surface area contributed by atoms with E-state index in [4.69, 9.17) is 0 Å². The number of sulfonamides is 1. The van der Waals surface area contributed by atoms with Gasteiger partial charge in [-0.3, -0.25) is 9.69 Å². The number of aryl methyl sites for hydroxylation is 1. The summed E-state index contributed by atoms with van der Waals surface area (Å²) in [6, 6.07) is 3.55. The number of fused-ring (bicyclic) bond motifs is 1. The molecule has 3 heterocycles. The minimum absolute atomic E-state index is 0.0867. The fourth-order valence-electron chi connectivity index (χ4n) is 2.94. The van der Waals surface area contributed by atoms with Crippen molar-refractivity contribution in [1.82, 2.24) is 19.5 Å². The maximum absolute atomic E-state index is 12.3. The van der Waals surface area contributed by atoms with Gasteiger partial charge in [0.1, 0.15) is 10.6 Å². The molecule has 2 N–H and O–H groups in total. The first-order valence-corrected chi connectivity index (χ1v) is 10.4. The van der Waals surface area contributed by atoms with Gasteiger partial charge in [-0.05, 0) is 36.5 Å². The van der Waals surface area contributed by atoms with Gasteiger partial charge in [0.15, 0.2) is 0 Å². The Balaban J connectivity index is 1.55. The monoisotopic (exact) mass is 382 g/mol. The van der Waals surface area contributed by atoms with E-state index >= 15 is 0 Å². The first-order chi connectivity index (χ1) is 11.9. The van der Waals surface area contributed by atoms with Gasteiger partial charge < -0.3 is 9.88 Å². The molecule has 0 aromatic carbocycles. The lowest BCUT2D eigenvalue weighted by atomic mass is 10.1. The molecular weight excluding hydrogens is 360 g/mol. The van der Waals surface area contributed by atoms with Crippen molar-refractivity contribution in [3.8, 4) is 0 Å². The molecule has 0 atom stereocenters. The van der Waals surface area contributed by atoms with E-state index in [9.17, 15) is 13.2 Å². The summed E-state index contributed by atoms with van der Waals surface area (Å²) in [5.74, 6) is -0.270. The van der Waals surface area contributed by atoms with Crippen LogP contribution in [0.25, 0.3) is 0 Å². The molecule has 0 unspecified atom stereocenters. The van der Waals surface area contributed by atoms with Crippen LogP contribution in [0, 0.1) is 0 Å². The average Bonchev–Trinajstić information content (AvgIpc) is 3.21. The predicted molar refractivity (Wildman–Crippen MR) is 97.3 cm³/mol. The first kappa shape index (κ1) is 18.1. The number of rotatable bonds is 6. The zero-order chi connectivity index (χ0) is 18.0. The maximum atomic E-state index is 12.3. The number of thiophene rings is 1. The van der Waals surface area contributed by atoms with Gasteiger partial charge >= 0.3 is 0 Å². The maximum Gasteiger partial charge on any atom is 0.267 e. The SMILES string of the molecule is CNS(=O)(=O)c1cc(C(=O)NCCN2CCc3sccc3C2)n(C)c1. The fourth-order valence-corrected chi connectivity index (χ4v) is 4.63. The Bertz CT molecular complexity index is 870. The lowest BCUT2D eigenvalue weighted by Crippen LogP contribution is -2.37. The number of hydrogen-bond acceptors (Lipinski definition) is 5. The number of hydrogen-bond donors (Lipinski definition) is 2. The lowest BCUT2D eigenvalue weighted by Gasteiger charge is -2.26. The minimum Gasteiger partial charge on any atom is -0.349 e. The molecule has 1 aliphatic rings. The van der Waals surface area contributed by atoms with Crippen molar-refractivity contribution in [1.29, 1.82) is 0 Å². The van der Waals surface area contributed by atoms with Gasteiger partial charge in [0, 0.05) is 44.3 Å². The number of carbonyl (C=O) groups excluding carboxylic acids is 1. The molecule has 0 bridgehead atoms. The fraction of sp³-hybridized carbons (Fsp3) is 0.438. The Labute approximate surface area is 151 Å². The second kappa shape index (κ2) is 7.28. The molecular formula is C16H22N4O3S2. The summed E-state index contributed by atoms with van der Waals surface area (Å²) in [5, 5.41) is 5.00. The van der Waals surface area contributed by atoms with Crippen LogP contribution in [0.4, 0.5) is 0 Å². The van der Waals surface area contributed by atoms with Gasteiger partial charge in [-0.25, -0.2) is 13.1 Å². The molecule has 25 heavy (non-hydrogen) atoms. The third kappa shape index (κ3) is 3.95. The van der Waals surface area contributed by atoms with Crippen LogP contribution in [0.1, 0.15) is 20.9 Å². The molecule has 0 spiro atoms. The van der Waals surface area contributed by atoms with E-state index in [1.54, 1.807) is 7.05 Å². The Morgan fingerprint density at radius 1 is 1.40 bits per heavy atom. The van der Waals surface area contributed by atoms with E-state index in [1.807, 2.05) is 11.3 Å². The summed E-state index contributed by atoms with van der Waals surface area (Å²) in [6.45, 7) is 3.21. The third-order valence-electron chi connectivity index (χ3n) is 4.39. The molecule has 0 saturated carbocycles. The molecule has 1 aliphatic heterocycles. The van der Waals surface area contributed by atoms with Gasteiger partial charge in [-0.1, -0.05) is 0 Å². The molecule has 0 radical (unpaired) electrons.